The number of hydrogen-bond donors (Lipinski definition) is 1. The van der Waals surface area contributed by atoms with Gasteiger partial charge in [-0.25, -0.2) is 4.79 Å². The maximum atomic E-state index is 12.7. The molecule has 0 bridgehead atoms. The van der Waals surface area contributed by atoms with Gasteiger partial charge in [0.25, 0.3) is 6.47 Å². The molecule has 1 aliphatic rings. The Morgan fingerprint density at radius 2 is 1.79 bits per heavy atom. The molecule has 0 saturated carbocycles. The first-order valence-electron chi connectivity index (χ1n) is 8.87. The molecule has 0 aliphatic carbocycles. The van der Waals surface area contributed by atoms with Crippen molar-refractivity contribution in [3.8, 4) is 11.5 Å². The summed E-state index contributed by atoms with van der Waals surface area (Å²) in [6, 6.07) is 8.53. The van der Waals surface area contributed by atoms with E-state index in [2.05, 4.69) is 5.32 Å². The van der Waals surface area contributed by atoms with Gasteiger partial charge in [0.15, 0.2) is 22.9 Å². The molecule has 8 heteroatoms. The minimum Gasteiger partial charge on any atom is -0.449 e. The number of ether oxygens (including phenoxy) is 2. The lowest BCUT2D eigenvalue weighted by Gasteiger charge is -2.26. The van der Waals surface area contributed by atoms with Gasteiger partial charge < -0.3 is 24.1 Å². The zero-order valence-corrected chi connectivity index (χ0v) is 15.2. The molecule has 0 atom stereocenters. The SMILES string of the molecule is CC(=O)c1cc2c(OC=O)c3ccccc3c(OC(=O)N3CCNCC3)c2o1. The summed E-state index contributed by atoms with van der Waals surface area (Å²) in [5.41, 5.74) is 0.184. The van der Waals surface area contributed by atoms with Crippen LogP contribution in [0.15, 0.2) is 34.7 Å². The number of hydrogen-bond acceptors (Lipinski definition) is 7. The maximum absolute atomic E-state index is 12.7. The van der Waals surface area contributed by atoms with Crippen LogP contribution < -0.4 is 14.8 Å². The number of nitrogens with one attached hydrogen (secondary N) is 1. The smallest absolute Gasteiger partial charge is 0.415 e. The third-order valence-electron chi connectivity index (χ3n) is 4.68. The van der Waals surface area contributed by atoms with Crippen molar-refractivity contribution in [1.82, 2.24) is 10.2 Å². The molecule has 1 aliphatic heterocycles. The molecule has 1 fully saturated rings. The van der Waals surface area contributed by atoms with Crippen LogP contribution in [0, 0.1) is 0 Å². The van der Waals surface area contributed by atoms with E-state index in [1.165, 1.54) is 13.0 Å². The van der Waals surface area contributed by atoms with Gasteiger partial charge in [-0.3, -0.25) is 9.59 Å². The van der Waals surface area contributed by atoms with Crippen molar-refractivity contribution in [2.45, 2.75) is 6.92 Å². The number of carbonyl (C=O) groups excluding carboxylic acids is 3. The van der Waals surface area contributed by atoms with Crippen molar-refractivity contribution in [1.29, 1.82) is 0 Å². The molecular formula is C20H18N2O6. The first kappa shape index (κ1) is 18.0. The second kappa shape index (κ2) is 7.32. The van der Waals surface area contributed by atoms with Crippen LogP contribution in [-0.2, 0) is 4.79 Å². The molecule has 4 rings (SSSR count). The Kier molecular flexibility index (Phi) is 4.70. The lowest BCUT2D eigenvalue weighted by atomic mass is 10.1. The van der Waals surface area contributed by atoms with Crippen LogP contribution in [0.4, 0.5) is 4.79 Å². The predicted octanol–water partition coefficient (Wildman–Crippen LogP) is 2.73. The summed E-state index contributed by atoms with van der Waals surface area (Å²) in [6.07, 6.45) is -0.502. The molecule has 1 saturated heterocycles. The van der Waals surface area contributed by atoms with Gasteiger partial charge in [-0.05, 0) is 6.07 Å². The number of carbonyl (C=O) groups is 3. The van der Waals surface area contributed by atoms with Crippen molar-refractivity contribution >= 4 is 40.1 Å². The fourth-order valence-electron chi connectivity index (χ4n) is 3.32. The van der Waals surface area contributed by atoms with E-state index in [9.17, 15) is 14.4 Å². The quantitative estimate of drug-likeness (QED) is 0.547. The molecule has 1 aromatic heterocycles. The highest BCUT2D eigenvalue weighted by Crippen LogP contribution is 2.44. The van der Waals surface area contributed by atoms with Gasteiger partial charge >= 0.3 is 6.09 Å². The van der Waals surface area contributed by atoms with Crippen LogP contribution >= 0.6 is 0 Å². The van der Waals surface area contributed by atoms with Crippen LogP contribution in [0.25, 0.3) is 21.7 Å². The molecule has 3 aromatic rings. The molecule has 144 valence electrons. The lowest BCUT2D eigenvalue weighted by Crippen LogP contribution is -2.47. The van der Waals surface area contributed by atoms with Crippen LogP contribution in [0.2, 0.25) is 0 Å². The van der Waals surface area contributed by atoms with Gasteiger partial charge in [-0.2, -0.15) is 0 Å². The van der Waals surface area contributed by atoms with Crippen molar-refractivity contribution < 1.29 is 28.3 Å². The highest BCUT2D eigenvalue weighted by molar-refractivity contribution is 6.12. The van der Waals surface area contributed by atoms with E-state index in [0.717, 1.165) is 0 Å². The summed E-state index contributed by atoms with van der Waals surface area (Å²) < 4.78 is 16.6. The van der Waals surface area contributed by atoms with Gasteiger partial charge in [0.1, 0.15) is 5.75 Å². The normalized spacial score (nSPS) is 14.2. The summed E-state index contributed by atoms with van der Waals surface area (Å²) in [4.78, 5) is 37.2. The monoisotopic (exact) mass is 382 g/mol. The number of nitrogens with zero attached hydrogens (tertiary/aromatic N) is 1. The summed E-state index contributed by atoms with van der Waals surface area (Å²) in [5.74, 6) is 0.232. The largest absolute Gasteiger partial charge is 0.449 e. The average Bonchev–Trinajstić information content (AvgIpc) is 3.16. The number of rotatable bonds is 4. The highest BCUT2D eigenvalue weighted by atomic mass is 16.6. The summed E-state index contributed by atoms with van der Waals surface area (Å²) in [6.45, 7) is 4.11. The van der Waals surface area contributed by atoms with Gasteiger partial charge in [0.05, 0.1) is 5.39 Å². The van der Waals surface area contributed by atoms with E-state index in [0.29, 0.717) is 48.8 Å². The molecule has 0 unspecified atom stereocenters. The van der Waals surface area contributed by atoms with E-state index in [1.807, 2.05) is 0 Å². The molecule has 1 N–H and O–H groups in total. The zero-order valence-electron chi connectivity index (χ0n) is 15.2. The highest BCUT2D eigenvalue weighted by Gasteiger charge is 2.25. The average molecular weight is 382 g/mol. The van der Waals surface area contributed by atoms with E-state index in [-0.39, 0.29) is 28.6 Å². The summed E-state index contributed by atoms with van der Waals surface area (Å²) >= 11 is 0. The maximum Gasteiger partial charge on any atom is 0.415 e. The summed E-state index contributed by atoms with van der Waals surface area (Å²) in [5, 5.41) is 4.67. The van der Waals surface area contributed by atoms with Crippen molar-refractivity contribution in [2.24, 2.45) is 0 Å². The molecule has 2 heterocycles. The minimum atomic E-state index is -0.502. The van der Waals surface area contributed by atoms with E-state index >= 15 is 0 Å². The Morgan fingerprint density at radius 3 is 2.43 bits per heavy atom. The van der Waals surface area contributed by atoms with Crippen LogP contribution in [-0.4, -0.2) is 49.4 Å². The van der Waals surface area contributed by atoms with Crippen LogP contribution in [0.3, 0.4) is 0 Å². The fraction of sp³-hybridized carbons (Fsp3) is 0.250. The van der Waals surface area contributed by atoms with Crippen molar-refractivity contribution in [3.05, 3.63) is 36.1 Å². The molecule has 2 aromatic carbocycles. The number of piperazine rings is 1. The number of ketones is 1. The number of Topliss-reactive ketones (excluding diaryl/α,β-unsaturated/α-hetero) is 1. The Hall–Kier alpha value is -3.39. The van der Waals surface area contributed by atoms with Gasteiger partial charge in [-0.15, -0.1) is 0 Å². The first-order valence-corrected chi connectivity index (χ1v) is 8.87. The molecular weight excluding hydrogens is 364 g/mol. The Labute approximate surface area is 160 Å². The first-order chi connectivity index (χ1) is 13.6. The molecule has 1 amide bonds. The van der Waals surface area contributed by atoms with Crippen LogP contribution in [0.1, 0.15) is 17.5 Å². The number of benzene rings is 2. The third kappa shape index (κ3) is 3.07. The van der Waals surface area contributed by atoms with Crippen molar-refractivity contribution in [2.75, 3.05) is 26.2 Å². The molecule has 0 radical (unpaired) electrons. The molecule has 0 spiro atoms. The Morgan fingerprint density at radius 1 is 1.11 bits per heavy atom. The van der Waals surface area contributed by atoms with Gasteiger partial charge in [0, 0.05) is 43.9 Å². The van der Waals surface area contributed by atoms with Gasteiger partial charge in [0.2, 0.25) is 0 Å². The predicted molar refractivity (Wildman–Crippen MR) is 101 cm³/mol. The van der Waals surface area contributed by atoms with E-state index in [4.69, 9.17) is 13.9 Å². The van der Waals surface area contributed by atoms with Gasteiger partial charge in [-0.1, -0.05) is 24.3 Å². The zero-order chi connectivity index (χ0) is 19.7. The number of amides is 1. The minimum absolute atomic E-state index is 0.0838. The Balaban J connectivity index is 1.92. The molecule has 8 nitrogen and oxygen atoms in total. The third-order valence-corrected chi connectivity index (χ3v) is 4.68. The number of furan rings is 1. The Bertz CT molecular complexity index is 1080. The van der Waals surface area contributed by atoms with Crippen LogP contribution in [0.5, 0.6) is 11.5 Å². The lowest BCUT2D eigenvalue weighted by molar-refractivity contribution is -0.120. The summed E-state index contributed by atoms with van der Waals surface area (Å²) in [7, 11) is 0. The second-order valence-electron chi connectivity index (χ2n) is 6.43. The topological polar surface area (TPSA) is 98.1 Å². The molecule has 28 heavy (non-hydrogen) atoms. The van der Waals surface area contributed by atoms with E-state index < -0.39 is 6.09 Å². The number of fused-ring (bicyclic) bond motifs is 2. The standard InChI is InChI=1S/C20H18N2O6/c1-12(24)16-10-15-17(26-11-23)13-4-2-3-5-14(13)18(19(15)27-16)28-20(25)22-8-6-21-7-9-22/h2-5,10-11,21H,6-9H2,1H3. The second-order valence-corrected chi connectivity index (χ2v) is 6.43. The fourth-order valence-corrected chi connectivity index (χ4v) is 3.32. The van der Waals surface area contributed by atoms with E-state index in [1.54, 1.807) is 29.2 Å². The van der Waals surface area contributed by atoms with Crippen molar-refractivity contribution in [3.63, 3.8) is 0 Å².